The molecule has 0 unspecified atom stereocenters. The lowest BCUT2D eigenvalue weighted by Gasteiger charge is -2.21. The number of nitrogens with one attached hydrogen (secondary N) is 3. The Hall–Kier alpha value is -2.23. The third kappa shape index (κ3) is 5.23. The summed E-state index contributed by atoms with van der Waals surface area (Å²) >= 11 is 3.39. The van der Waals surface area contributed by atoms with Gasteiger partial charge in [-0.2, -0.15) is 4.72 Å². The van der Waals surface area contributed by atoms with Gasteiger partial charge < -0.3 is 10.6 Å². The van der Waals surface area contributed by atoms with E-state index in [1.165, 1.54) is 38.1 Å². The van der Waals surface area contributed by atoms with Gasteiger partial charge in [0.2, 0.25) is 21.8 Å². The summed E-state index contributed by atoms with van der Waals surface area (Å²) in [6, 6.07) is 12.5. The normalized spacial score (nSPS) is 16.0. The summed E-state index contributed by atoms with van der Waals surface area (Å²) in [5.41, 5.74) is 1.06. The van der Waals surface area contributed by atoms with E-state index in [1.54, 1.807) is 0 Å². The van der Waals surface area contributed by atoms with Crippen molar-refractivity contribution in [2.75, 3.05) is 5.32 Å². The molecular weight excluding hydrogens is 458 g/mol. The molecule has 154 valence electrons. The van der Waals surface area contributed by atoms with Crippen molar-refractivity contribution in [1.29, 1.82) is 0 Å². The van der Waals surface area contributed by atoms with Crippen molar-refractivity contribution in [3.8, 4) is 0 Å². The van der Waals surface area contributed by atoms with Crippen LogP contribution in [0.25, 0.3) is 0 Å². The molecule has 0 aliphatic heterocycles. The van der Waals surface area contributed by atoms with Gasteiger partial charge >= 0.3 is 0 Å². The first kappa shape index (κ1) is 21.5. The van der Waals surface area contributed by atoms with E-state index >= 15 is 0 Å². The molecule has 0 bridgehead atoms. The first-order chi connectivity index (χ1) is 13.6. The molecule has 2 amide bonds. The van der Waals surface area contributed by atoms with Gasteiger partial charge in [0.15, 0.2) is 0 Å². The lowest BCUT2D eigenvalue weighted by molar-refractivity contribution is -0.123. The van der Waals surface area contributed by atoms with Crippen LogP contribution in [0.5, 0.6) is 0 Å². The second kappa shape index (κ2) is 8.25. The molecule has 1 aliphatic rings. The third-order valence-electron chi connectivity index (χ3n) is 4.72. The Morgan fingerprint density at radius 3 is 2.14 bits per heavy atom. The summed E-state index contributed by atoms with van der Waals surface area (Å²) in [5.74, 6) is -0.632. The van der Waals surface area contributed by atoms with Crippen molar-refractivity contribution >= 4 is 43.5 Å². The molecule has 1 aliphatic carbocycles. The highest BCUT2D eigenvalue weighted by Gasteiger charge is 2.46. The van der Waals surface area contributed by atoms with E-state index in [2.05, 4.69) is 31.3 Å². The molecule has 1 fully saturated rings. The van der Waals surface area contributed by atoms with Gasteiger partial charge in [-0.05, 0) is 61.7 Å². The fourth-order valence-electron chi connectivity index (χ4n) is 3.00. The molecule has 0 radical (unpaired) electrons. The van der Waals surface area contributed by atoms with E-state index in [1.807, 2.05) is 24.3 Å². The van der Waals surface area contributed by atoms with Crippen LogP contribution in [0.3, 0.4) is 0 Å². The third-order valence-corrected chi connectivity index (χ3v) is 6.80. The largest absolute Gasteiger partial charge is 0.345 e. The first-order valence-electron chi connectivity index (χ1n) is 9.09. The van der Waals surface area contributed by atoms with Crippen LogP contribution in [0.1, 0.15) is 32.3 Å². The summed E-state index contributed by atoms with van der Waals surface area (Å²) in [5, 5.41) is 5.55. The molecule has 3 N–H and O–H groups in total. The zero-order valence-electron chi connectivity index (χ0n) is 16.0. The number of amides is 2. The molecule has 7 nitrogen and oxygen atoms in total. The van der Waals surface area contributed by atoms with E-state index in [9.17, 15) is 18.0 Å². The second-order valence-corrected chi connectivity index (χ2v) is 9.76. The Morgan fingerprint density at radius 1 is 1.03 bits per heavy atom. The van der Waals surface area contributed by atoms with Crippen LogP contribution in [-0.4, -0.2) is 26.3 Å². The molecule has 1 saturated carbocycles. The van der Waals surface area contributed by atoms with Crippen molar-refractivity contribution in [3.05, 3.63) is 58.6 Å². The Kier molecular flexibility index (Phi) is 6.11. The maximum Gasteiger partial charge on any atom is 0.241 e. The molecule has 0 spiro atoms. The number of hydrogen-bond acceptors (Lipinski definition) is 4. The molecule has 9 heteroatoms. The van der Waals surface area contributed by atoms with Crippen molar-refractivity contribution in [1.82, 2.24) is 10.0 Å². The molecular formula is C20H22BrN3O4S. The first-order valence-corrected chi connectivity index (χ1v) is 11.4. The fourth-order valence-corrected chi connectivity index (χ4v) is 4.47. The van der Waals surface area contributed by atoms with Crippen LogP contribution in [0.4, 0.5) is 5.69 Å². The summed E-state index contributed by atoms with van der Waals surface area (Å²) < 4.78 is 28.5. The maximum absolute atomic E-state index is 12.6. The van der Waals surface area contributed by atoms with Crippen LogP contribution < -0.4 is 15.4 Å². The van der Waals surface area contributed by atoms with Crippen molar-refractivity contribution in [2.24, 2.45) is 0 Å². The minimum absolute atomic E-state index is 0.0142. The van der Waals surface area contributed by atoms with Crippen LogP contribution in [0.15, 0.2) is 57.9 Å². The molecule has 3 rings (SSSR count). The van der Waals surface area contributed by atoms with E-state index in [-0.39, 0.29) is 16.7 Å². The quantitative estimate of drug-likeness (QED) is 0.567. The number of halogens is 1. The smallest absolute Gasteiger partial charge is 0.241 e. The van der Waals surface area contributed by atoms with Crippen LogP contribution in [-0.2, 0) is 25.2 Å². The summed E-state index contributed by atoms with van der Waals surface area (Å²) in [6.07, 6.45) is 1.62. The topological polar surface area (TPSA) is 104 Å². The van der Waals surface area contributed by atoms with E-state index in [4.69, 9.17) is 0 Å². The number of carbonyl (C=O) groups is 2. The Balaban J connectivity index is 1.65. The highest BCUT2D eigenvalue weighted by Crippen LogP contribution is 2.45. The Labute approximate surface area is 178 Å². The summed E-state index contributed by atoms with van der Waals surface area (Å²) in [6.45, 7) is 2.88. The number of anilines is 1. The van der Waals surface area contributed by atoms with Crippen LogP contribution >= 0.6 is 15.9 Å². The second-order valence-electron chi connectivity index (χ2n) is 7.13. The van der Waals surface area contributed by atoms with Gasteiger partial charge in [-0.25, -0.2) is 8.42 Å². The van der Waals surface area contributed by atoms with Gasteiger partial charge in [0.05, 0.1) is 16.5 Å². The minimum atomic E-state index is -3.88. The predicted octanol–water partition coefficient (Wildman–Crippen LogP) is 2.88. The zero-order chi connectivity index (χ0) is 21.2. The number of rotatable bonds is 7. The van der Waals surface area contributed by atoms with Crippen molar-refractivity contribution in [3.63, 3.8) is 0 Å². The SMILES string of the molecule is CC(=O)Nc1ccc(S(=O)(=O)N[C@@H](C)C(=O)NC2(c3ccc(Br)cc3)CC2)cc1. The zero-order valence-corrected chi connectivity index (χ0v) is 18.4. The molecule has 29 heavy (non-hydrogen) atoms. The van der Waals surface area contributed by atoms with Gasteiger partial charge in [0.25, 0.3) is 0 Å². The monoisotopic (exact) mass is 479 g/mol. The summed E-state index contributed by atoms with van der Waals surface area (Å²) in [4.78, 5) is 23.7. The van der Waals surface area contributed by atoms with E-state index in [0.29, 0.717) is 5.69 Å². The predicted molar refractivity (Wildman–Crippen MR) is 114 cm³/mol. The molecule has 1 atom stereocenters. The highest BCUT2D eigenvalue weighted by molar-refractivity contribution is 9.10. The van der Waals surface area contributed by atoms with Gasteiger partial charge in [-0.3, -0.25) is 9.59 Å². The number of carbonyl (C=O) groups excluding carboxylic acids is 2. The lowest BCUT2D eigenvalue weighted by Crippen LogP contribution is -2.48. The van der Waals surface area contributed by atoms with Gasteiger partial charge in [-0.15, -0.1) is 0 Å². The van der Waals surface area contributed by atoms with Crippen LogP contribution in [0, 0.1) is 0 Å². The maximum atomic E-state index is 12.6. The number of hydrogen-bond donors (Lipinski definition) is 3. The molecule has 0 aromatic heterocycles. The Morgan fingerprint density at radius 2 is 1.62 bits per heavy atom. The fraction of sp³-hybridized carbons (Fsp3) is 0.300. The minimum Gasteiger partial charge on any atom is -0.345 e. The molecule has 0 heterocycles. The van der Waals surface area contributed by atoms with E-state index in [0.717, 1.165) is 22.9 Å². The summed E-state index contributed by atoms with van der Waals surface area (Å²) in [7, 11) is -3.88. The lowest BCUT2D eigenvalue weighted by atomic mass is 10.0. The molecule has 2 aromatic rings. The Bertz CT molecular complexity index is 1020. The standard InChI is InChI=1S/C20H22BrN3O4S/c1-13(19(26)23-20(11-12-20)15-3-5-16(21)6-4-15)24-29(27,28)18-9-7-17(8-10-18)22-14(2)25/h3-10,13,24H,11-12H2,1-2H3,(H,22,25)(H,23,26)/t13-/m0/s1. The highest BCUT2D eigenvalue weighted by atomic mass is 79.9. The van der Waals surface area contributed by atoms with Gasteiger partial charge in [-0.1, -0.05) is 28.1 Å². The number of sulfonamides is 1. The molecule has 0 saturated heterocycles. The van der Waals surface area contributed by atoms with Crippen molar-refractivity contribution in [2.45, 2.75) is 43.2 Å². The van der Waals surface area contributed by atoms with Crippen molar-refractivity contribution < 1.29 is 18.0 Å². The van der Waals surface area contributed by atoms with Gasteiger partial charge in [0, 0.05) is 17.1 Å². The number of benzene rings is 2. The van der Waals surface area contributed by atoms with Gasteiger partial charge in [0.1, 0.15) is 0 Å². The average molecular weight is 480 g/mol. The van der Waals surface area contributed by atoms with E-state index < -0.39 is 21.6 Å². The molecule has 2 aromatic carbocycles. The average Bonchev–Trinajstić information content (AvgIpc) is 3.42. The van der Waals surface area contributed by atoms with Crippen LogP contribution in [0.2, 0.25) is 0 Å².